The van der Waals surface area contributed by atoms with Crippen LogP contribution in [0.25, 0.3) is 11.4 Å². The average molecular weight is 322 g/mol. The summed E-state index contributed by atoms with van der Waals surface area (Å²) in [6.45, 7) is 0. The lowest BCUT2D eigenvalue weighted by Crippen LogP contribution is -2.48. The van der Waals surface area contributed by atoms with Gasteiger partial charge in [-0.3, -0.25) is 14.8 Å². The Kier molecular flexibility index (Phi) is 3.90. The highest BCUT2D eigenvalue weighted by atomic mass is 16.1. The summed E-state index contributed by atoms with van der Waals surface area (Å²) in [5.41, 5.74) is 4.00. The highest BCUT2D eigenvalue weighted by Crippen LogP contribution is 2.38. The molecule has 0 aliphatic heterocycles. The van der Waals surface area contributed by atoms with Gasteiger partial charge in [0.1, 0.15) is 11.4 Å². The number of nitrogens with zero attached hydrogens (tertiary/aromatic N) is 2. The van der Waals surface area contributed by atoms with Gasteiger partial charge in [-0.1, -0.05) is 0 Å². The molecule has 1 saturated carbocycles. The Bertz CT molecular complexity index is 789. The van der Waals surface area contributed by atoms with Crippen molar-refractivity contribution >= 4 is 5.78 Å². The highest BCUT2D eigenvalue weighted by Gasteiger charge is 2.33. The average Bonchev–Trinajstić information content (AvgIpc) is 2.93. The van der Waals surface area contributed by atoms with Crippen molar-refractivity contribution in [2.24, 2.45) is 0 Å². The maximum atomic E-state index is 12.6. The molecule has 5 heteroatoms. The zero-order chi connectivity index (χ0) is 16.7. The summed E-state index contributed by atoms with van der Waals surface area (Å²) in [5, 5.41) is 6.82. The standard InChI is InChI=1S/C19H22N4O/c1-20-15-6-5-11(9-16(15)21-2)12-8-14-18(23-10-12)17-13(19(14)24)4-3-7-22-17/h3-4,7-8,10-11,15-16,20-21H,5-6,9H2,1-2H3/t11?,15-,16-/m1/s1. The molecular formula is C19H22N4O. The molecule has 2 aromatic heterocycles. The summed E-state index contributed by atoms with van der Waals surface area (Å²) in [6, 6.07) is 6.63. The van der Waals surface area contributed by atoms with Crippen LogP contribution < -0.4 is 10.6 Å². The van der Waals surface area contributed by atoms with E-state index in [1.807, 2.05) is 32.4 Å². The van der Waals surface area contributed by atoms with Crippen molar-refractivity contribution in [3.05, 3.63) is 47.3 Å². The molecule has 0 bridgehead atoms. The van der Waals surface area contributed by atoms with E-state index in [0.717, 1.165) is 30.7 Å². The largest absolute Gasteiger partial charge is 0.315 e. The minimum absolute atomic E-state index is 0.0523. The molecule has 5 nitrogen and oxygen atoms in total. The van der Waals surface area contributed by atoms with E-state index in [2.05, 4.69) is 20.6 Å². The van der Waals surface area contributed by atoms with E-state index in [9.17, 15) is 4.79 Å². The lowest BCUT2D eigenvalue weighted by atomic mass is 9.79. The predicted octanol–water partition coefficient (Wildman–Crippen LogP) is 2.13. The Morgan fingerprint density at radius 3 is 2.62 bits per heavy atom. The molecule has 2 aliphatic rings. The Morgan fingerprint density at radius 2 is 1.83 bits per heavy atom. The quantitative estimate of drug-likeness (QED) is 0.773. The topological polar surface area (TPSA) is 66.9 Å². The molecule has 0 radical (unpaired) electrons. The molecule has 124 valence electrons. The Labute approximate surface area is 141 Å². The van der Waals surface area contributed by atoms with Crippen LogP contribution >= 0.6 is 0 Å². The molecule has 0 amide bonds. The number of ketones is 1. The molecule has 0 spiro atoms. The van der Waals surface area contributed by atoms with Crippen molar-refractivity contribution in [3.8, 4) is 11.4 Å². The lowest BCUT2D eigenvalue weighted by molar-refractivity contribution is 0.104. The first-order valence-corrected chi connectivity index (χ1v) is 8.57. The molecule has 2 aliphatic carbocycles. The van der Waals surface area contributed by atoms with Gasteiger partial charge in [0.15, 0.2) is 5.78 Å². The van der Waals surface area contributed by atoms with Crippen LogP contribution in [-0.4, -0.2) is 41.9 Å². The number of rotatable bonds is 3. The Balaban J connectivity index is 1.65. The molecular weight excluding hydrogens is 300 g/mol. The summed E-state index contributed by atoms with van der Waals surface area (Å²) < 4.78 is 0. The first-order chi connectivity index (χ1) is 11.7. The van der Waals surface area contributed by atoms with Crippen LogP contribution in [0.1, 0.15) is 46.7 Å². The molecule has 0 aromatic carbocycles. The lowest BCUT2D eigenvalue weighted by Gasteiger charge is -2.36. The van der Waals surface area contributed by atoms with Crippen LogP contribution in [0.2, 0.25) is 0 Å². The van der Waals surface area contributed by atoms with Gasteiger partial charge in [-0.25, -0.2) is 0 Å². The third kappa shape index (κ3) is 2.36. The van der Waals surface area contributed by atoms with Crippen molar-refractivity contribution in [1.29, 1.82) is 0 Å². The molecule has 0 saturated heterocycles. The van der Waals surface area contributed by atoms with Gasteiger partial charge in [0.25, 0.3) is 0 Å². The number of fused-ring (bicyclic) bond motifs is 3. The van der Waals surface area contributed by atoms with Crippen molar-refractivity contribution in [1.82, 2.24) is 20.6 Å². The van der Waals surface area contributed by atoms with Crippen LogP contribution in [0.5, 0.6) is 0 Å². The maximum absolute atomic E-state index is 12.6. The van der Waals surface area contributed by atoms with Crippen LogP contribution in [-0.2, 0) is 0 Å². The van der Waals surface area contributed by atoms with E-state index < -0.39 is 0 Å². The second-order valence-corrected chi connectivity index (χ2v) is 6.69. The van der Waals surface area contributed by atoms with Crippen LogP contribution in [0.4, 0.5) is 0 Å². The minimum atomic E-state index is 0.0523. The van der Waals surface area contributed by atoms with Crippen molar-refractivity contribution in [2.45, 2.75) is 37.3 Å². The fourth-order valence-electron chi connectivity index (χ4n) is 4.13. The van der Waals surface area contributed by atoms with E-state index in [0.29, 0.717) is 29.1 Å². The molecule has 24 heavy (non-hydrogen) atoms. The van der Waals surface area contributed by atoms with E-state index in [-0.39, 0.29) is 5.78 Å². The summed E-state index contributed by atoms with van der Waals surface area (Å²) in [5.74, 6) is 0.492. The van der Waals surface area contributed by atoms with Gasteiger partial charge in [-0.2, -0.15) is 0 Å². The van der Waals surface area contributed by atoms with Gasteiger partial charge in [-0.05, 0) is 63.0 Å². The van der Waals surface area contributed by atoms with Gasteiger partial charge in [0, 0.05) is 24.5 Å². The molecule has 2 N–H and O–H groups in total. The molecule has 1 fully saturated rings. The van der Waals surface area contributed by atoms with Gasteiger partial charge in [-0.15, -0.1) is 0 Å². The molecule has 1 unspecified atom stereocenters. The van der Waals surface area contributed by atoms with Crippen molar-refractivity contribution in [3.63, 3.8) is 0 Å². The van der Waals surface area contributed by atoms with Crippen LogP contribution in [0.15, 0.2) is 30.6 Å². The van der Waals surface area contributed by atoms with Crippen LogP contribution in [0, 0.1) is 0 Å². The molecule has 4 rings (SSSR count). The van der Waals surface area contributed by atoms with Gasteiger partial charge in [0.2, 0.25) is 0 Å². The molecule has 2 aromatic rings. The highest BCUT2D eigenvalue weighted by molar-refractivity contribution is 6.20. The van der Waals surface area contributed by atoms with E-state index in [4.69, 9.17) is 0 Å². The summed E-state index contributed by atoms with van der Waals surface area (Å²) in [6.07, 6.45) is 6.95. The number of hydrogen-bond donors (Lipinski definition) is 2. The number of nitrogens with one attached hydrogen (secondary N) is 2. The monoisotopic (exact) mass is 322 g/mol. The van der Waals surface area contributed by atoms with Crippen molar-refractivity contribution < 1.29 is 4.79 Å². The third-order valence-corrected chi connectivity index (χ3v) is 5.49. The van der Waals surface area contributed by atoms with Crippen LogP contribution in [0.3, 0.4) is 0 Å². The number of aromatic nitrogens is 2. The number of carbonyl (C=O) groups excluding carboxylic acids is 1. The maximum Gasteiger partial charge on any atom is 0.197 e. The first-order valence-electron chi connectivity index (χ1n) is 8.57. The number of pyridine rings is 2. The smallest absolute Gasteiger partial charge is 0.197 e. The Hall–Kier alpha value is -2.11. The SMILES string of the molecule is CN[C@@H]1CCC(c2cnc3c(c2)C(=O)c2cccnc2-3)C[C@H]1NC. The summed E-state index contributed by atoms with van der Waals surface area (Å²) >= 11 is 0. The fraction of sp³-hybridized carbons (Fsp3) is 0.421. The van der Waals surface area contributed by atoms with E-state index >= 15 is 0 Å². The van der Waals surface area contributed by atoms with E-state index in [1.54, 1.807) is 12.3 Å². The zero-order valence-electron chi connectivity index (χ0n) is 14.0. The number of hydrogen-bond acceptors (Lipinski definition) is 5. The fourth-order valence-corrected chi connectivity index (χ4v) is 4.13. The number of carbonyl (C=O) groups is 1. The van der Waals surface area contributed by atoms with Gasteiger partial charge in [0.05, 0.1) is 11.1 Å². The summed E-state index contributed by atoms with van der Waals surface area (Å²) in [7, 11) is 4.04. The van der Waals surface area contributed by atoms with Crippen molar-refractivity contribution in [2.75, 3.05) is 14.1 Å². The second-order valence-electron chi connectivity index (χ2n) is 6.69. The number of likely N-dealkylation sites (N-methyl/N-ethyl adjacent to an activating group) is 2. The Morgan fingerprint density at radius 1 is 1.04 bits per heavy atom. The second kappa shape index (κ2) is 6.07. The minimum Gasteiger partial charge on any atom is -0.315 e. The summed E-state index contributed by atoms with van der Waals surface area (Å²) in [4.78, 5) is 21.6. The van der Waals surface area contributed by atoms with Gasteiger partial charge < -0.3 is 10.6 Å². The normalized spacial score (nSPS) is 25.4. The molecule has 3 atom stereocenters. The first kappa shape index (κ1) is 15.4. The van der Waals surface area contributed by atoms with Gasteiger partial charge >= 0.3 is 0 Å². The third-order valence-electron chi connectivity index (χ3n) is 5.49. The zero-order valence-corrected chi connectivity index (χ0v) is 14.0. The molecule has 2 heterocycles. The predicted molar refractivity (Wildman–Crippen MR) is 93.2 cm³/mol. The van der Waals surface area contributed by atoms with E-state index in [1.165, 1.54) is 5.56 Å².